The van der Waals surface area contributed by atoms with E-state index in [9.17, 15) is 4.79 Å². The number of carbonyl (C=O) groups excluding carboxylic acids is 1. The Kier molecular flexibility index (Phi) is 3.80. The summed E-state index contributed by atoms with van der Waals surface area (Å²) < 4.78 is 0. The van der Waals surface area contributed by atoms with Gasteiger partial charge in [-0.05, 0) is 31.4 Å². The summed E-state index contributed by atoms with van der Waals surface area (Å²) in [5.41, 5.74) is 0. The number of nitrogens with one attached hydrogen (secondary N) is 1. The highest BCUT2D eigenvalue weighted by molar-refractivity contribution is 7.99. The Morgan fingerprint density at radius 1 is 1.44 bits per heavy atom. The van der Waals surface area contributed by atoms with Crippen molar-refractivity contribution in [2.24, 2.45) is 5.92 Å². The maximum Gasteiger partial charge on any atom is 0.238 e. The van der Waals surface area contributed by atoms with Crippen molar-refractivity contribution in [1.82, 2.24) is 10.2 Å². The lowest BCUT2D eigenvalue weighted by Crippen LogP contribution is -2.46. The van der Waals surface area contributed by atoms with Crippen molar-refractivity contribution in [2.75, 3.05) is 12.8 Å². The summed E-state index contributed by atoms with van der Waals surface area (Å²) in [6.45, 7) is 4.90. The predicted molar refractivity (Wildman–Crippen MR) is 68.4 cm³/mol. The standard InChI is InChI=1S/C12H22N2OS/c1-8(2)12-13-7-11(15)14(12)9-4-5-10(6-9)16-3/h8-10,12-13H,4-7H2,1-3H3. The van der Waals surface area contributed by atoms with Crippen LogP contribution < -0.4 is 5.32 Å². The van der Waals surface area contributed by atoms with Crippen molar-refractivity contribution >= 4 is 17.7 Å². The number of nitrogens with zero attached hydrogens (tertiary/aromatic N) is 1. The summed E-state index contributed by atoms with van der Waals surface area (Å²) in [4.78, 5) is 14.1. The SMILES string of the molecule is CSC1CCC(N2C(=O)CNC2C(C)C)C1. The van der Waals surface area contributed by atoms with E-state index in [0.717, 1.165) is 5.25 Å². The van der Waals surface area contributed by atoms with E-state index in [1.165, 1.54) is 19.3 Å². The molecular formula is C12H22N2OS. The van der Waals surface area contributed by atoms with E-state index in [4.69, 9.17) is 0 Å². The van der Waals surface area contributed by atoms with Crippen molar-refractivity contribution in [3.05, 3.63) is 0 Å². The van der Waals surface area contributed by atoms with Crippen LogP contribution >= 0.6 is 11.8 Å². The molecule has 4 heteroatoms. The lowest BCUT2D eigenvalue weighted by molar-refractivity contribution is -0.130. The van der Waals surface area contributed by atoms with Crippen molar-refractivity contribution in [3.63, 3.8) is 0 Å². The highest BCUT2D eigenvalue weighted by atomic mass is 32.2. The van der Waals surface area contributed by atoms with Gasteiger partial charge in [0.1, 0.15) is 0 Å². The lowest BCUT2D eigenvalue weighted by atomic mass is 10.1. The van der Waals surface area contributed by atoms with Gasteiger partial charge >= 0.3 is 0 Å². The van der Waals surface area contributed by atoms with Crippen molar-refractivity contribution in [2.45, 2.75) is 50.6 Å². The average Bonchev–Trinajstić information content (AvgIpc) is 2.83. The molecule has 0 aromatic rings. The molecule has 3 atom stereocenters. The summed E-state index contributed by atoms with van der Waals surface area (Å²) in [5.74, 6) is 0.797. The lowest BCUT2D eigenvalue weighted by Gasteiger charge is -2.32. The molecule has 1 heterocycles. The fraction of sp³-hybridized carbons (Fsp3) is 0.917. The van der Waals surface area contributed by atoms with E-state index in [1.54, 1.807) is 0 Å². The number of carbonyl (C=O) groups is 1. The van der Waals surface area contributed by atoms with Gasteiger partial charge in [-0.3, -0.25) is 10.1 Å². The normalized spacial score (nSPS) is 35.4. The van der Waals surface area contributed by atoms with Crippen molar-refractivity contribution in [3.8, 4) is 0 Å². The van der Waals surface area contributed by atoms with Crippen LogP contribution in [0.1, 0.15) is 33.1 Å². The molecule has 0 spiro atoms. The van der Waals surface area contributed by atoms with Crippen molar-refractivity contribution < 1.29 is 4.79 Å². The van der Waals surface area contributed by atoms with Gasteiger partial charge < -0.3 is 4.90 Å². The minimum absolute atomic E-state index is 0.262. The largest absolute Gasteiger partial charge is 0.323 e. The Morgan fingerprint density at radius 3 is 2.75 bits per heavy atom. The van der Waals surface area contributed by atoms with E-state index in [1.807, 2.05) is 11.8 Å². The smallest absolute Gasteiger partial charge is 0.238 e. The van der Waals surface area contributed by atoms with Gasteiger partial charge in [-0.25, -0.2) is 0 Å². The zero-order valence-electron chi connectivity index (χ0n) is 10.4. The Morgan fingerprint density at radius 2 is 2.19 bits per heavy atom. The molecule has 1 N–H and O–H groups in total. The summed E-state index contributed by atoms with van der Waals surface area (Å²) in [7, 11) is 0. The second-order valence-corrected chi connectivity index (χ2v) is 6.33. The molecule has 92 valence electrons. The molecule has 3 unspecified atom stereocenters. The Hall–Kier alpha value is -0.220. The molecule has 1 amide bonds. The summed E-state index contributed by atoms with van der Waals surface area (Å²) in [5, 5.41) is 4.09. The Labute approximate surface area is 102 Å². The van der Waals surface area contributed by atoms with Crippen LogP contribution in [0.5, 0.6) is 0 Å². The molecule has 1 saturated heterocycles. The first-order valence-electron chi connectivity index (χ1n) is 6.20. The monoisotopic (exact) mass is 242 g/mol. The van der Waals surface area contributed by atoms with Crippen LogP contribution in [0.15, 0.2) is 0 Å². The van der Waals surface area contributed by atoms with Crippen LogP contribution in [0.25, 0.3) is 0 Å². The summed E-state index contributed by atoms with van der Waals surface area (Å²) in [6.07, 6.45) is 6.07. The maximum atomic E-state index is 11.9. The van der Waals surface area contributed by atoms with Gasteiger partial charge in [0.15, 0.2) is 0 Å². The fourth-order valence-corrected chi connectivity index (χ4v) is 3.69. The Bertz CT molecular complexity index is 270. The molecule has 16 heavy (non-hydrogen) atoms. The van der Waals surface area contributed by atoms with E-state index in [0.29, 0.717) is 24.4 Å². The highest BCUT2D eigenvalue weighted by Gasteiger charge is 2.40. The van der Waals surface area contributed by atoms with E-state index in [-0.39, 0.29) is 6.17 Å². The third kappa shape index (κ3) is 2.23. The number of rotatable bonds is 3. The van der Waals surface area contributed by atoms with Crippen LogP contribution in [0.2, 0.25) is 0 Å². The third-order valence-corrected chi connectivity index (χ3v) is 4.86. The molecule has 0 aromatic carbocycles. The van der Waals surface area contributed by atoms with Gasteiger partial charge in [0, 0.05) is 11.3 Å². The van der Waals surface area contributed by atoms with Gasteiger partial charge in [-0.2, -0.15) is 11.8 Å². The maximum absolute atomic E-state index is 11.9. The zero-order valence-corrected chi connectivity index (χ0v) is 11.2. The zero-order chi connectivity index (χ0) is 11.7. The molecule has 0 radical (unpaired) electrons. The first-order chi connectivity index (χ1) is 7.63. The summed E-state index contributed by atoms with van der Waals surface area (Å²) >= 11 is 1.95. The predicted octanol–water partition coefficient (Wildman–Crippen LogP) is 1.68. The minimum Gasteiger partial charge on any atom is -0.323 e. The van der Waals surface area contributed by atoms with Crippen molar-refractivity contribution in [1.29, 1.82) is 0 Å². The molecule has 2 rings (SSSR count). The van der Waals surface area contributed by atoms with Crippen LogP contribution in [-0.4, -0.2) is 41.1 Å². The van der Waals surface area contributed by atoms with E-state index in [2.05, 4.69) is 30.3 Å². The summed E-state index contributed by atoms with van der Waals surface area (Å²) in [6, 6.07) is 0.479. The van der Waals surface area contributed by atoms with Crippen LogP contribution in [-0.2, 0) is 4.79 Å². The van der Waals surface area contributed by atoms with E-state index < -0.39 is 0 Å². The Balaban J connectivity index is 2.04. The fourth-order valence-electron chi connectivity index (χ4n) is 2.91. The molecular weight excluding hydrogens is 220 g/mol. The van der Waals surface area contributed by atoms with Crippen LogP contribution in [0.4, 0.5) is 0 Å². The second kappa shape index (κ2) is 4.96. The molecule has 0 aromatic heterocycles. The number of hydrogen-bond acceptors (Lipinski definition) is 3. The quantitative estimate of drug-likeness (QED) is 0.817. The topological polar surface area (TPSA) is 32.3 Å². The van der Waals surface area contributed by atoms with Gasteiger partial charge in [-0.15, -0.1) is 0 Å². The second-order valence-electron chi connectivity index (χ2n) is 5.20. The molecule has 1 aliphatic carbocycles. The highest BCUT2D eigenvalue weighted by Crippen LogP contribution is 2.34. The van der Waals surface area contributed by atoms with Crippen LogP contribution in [0, 0.1) is 5.92 Å². The number of amides is 1. The van der Waals surface area contributed by atoms with E-state index >= 15 is 0 Å². The molecule has 3 nitrogen and oxygen atoms in total. The number of hydrogen-bond donors (Lipinski definition) is 1. The molecule has 1 aliphatic heterocycles. The first kappa shape index (κ1) is 12.2. The van der Waals surface area contributed by atoms with Crippen LogP contribution in [0.3, 0.4) is 0 Å². The number of thioether (sulfide) groups is 1. The van der Waals surface area contributed by atoms with Gasteiger partial charge in [0.25, 0.3) is 0 Å². The first-order valence-corrected chi connectivity index (χ1v) is 7.49. The van der Waals surface area contributed by atoms with Gasteiger partial charge in [0.2, 0.25) is 5.91 Å². The average molecular weight is 242 g/mol. The molecule has 1 saturated carbocycles. The van der Waals surface area contributed by atoms with Gasteiger partial charge in [-0.1, -0.05) is 13.8 Å². The molecule has 2 aliphatic rings. The molecule has 2 fully saturated rings. The molecule has 0 bridgehead atoms. The van der Waals surface area contributed by atoms with Gasteiger partial charge in [0.05, 0.1) is 12.7 Å². The minimum atomic E-state index is 0.262. The third-order valence-electron chi connectivity index (χ3n) is 3.77.